The van der Waals surface area contributed by atoms with Gasteiger partial charge in [-0.05, 0) is 47.9 Å². The number of benzene rings is 3. The molecule has 1 saturated heterocycles. The molecule has 0 N–H and O–H groups in total. The molecule has 4 nitrogen and oxygen atoms in total. The summed E-state index contributed by atoms with van der Waals surface area (Å²) in [6, 6.07) is 22.8. The first-order chi connectivity index (χ1) is 15.6. The number of hydrogen-bond acceptors (Lipinski definition) is 4. The van der Waals surface area contributed by atoms with Crippen LogP contribution in [0.2, 0.25) is 0 Å². The average molecular weight is 447 g/mol. The van der Waals surface area contributed by atoms with E-state index >= 15 is 0 Å². The highest BCUT2D eigenvalue weighted by Crippen LogP contribution is 2.30. The Morgan fingerprint density at radius 3 is 2.47 bits per heavy atom. The normalized spacial score (nSPS) is 14.6. The molecule has 1 amide bonds. The van der Waals surface area contributed by atoms with Crippen molar-refractivity contribution in [3.05, 3.63) is 95.3 Å². The van der Waals surface area contributed by atoms with Crippen molar-refractivity contribution in [1.29, 1.82) is 0 Å². The van der Waals surface area contributed by atoms with Gasteiger partial charge in [-0.2, -0.15) is 0 Å². The molecule has 2 heterocycles. The standard InChI is InChI=1S/C26H23FN2O2S/c27-21-10-11-23-24(17-21)32-26(28-23)31-22-12-14-29(15-13-22)25(30)20-8-6-19(7-9-20)16-18-4-2-1-3-5-18/h1-11,17,22H,12-16H2. The van der Waals surface area contributed by atoms with Crippen molar-refractivity contribution in [1.82, 2.24) is 9.88 Å². The van der Waals surface area contributed by atoms with Crippen LogP contribution in [0.25, 0.3) is 10.2 Å². The molecule has 4 aromatic rings. The molecule has 0 spiro atoms. The minimum absolute atomic E-state index is 0.0118. The summed E-state index contributed by atoms with van der Waals surface area (Å²) in [6.07, 6.45) is 2.37. The summed E-state index contributed by atoms with van der Waals surface area (Å²) in [7, 11) is 0. The number of hydrogen-bond donors (Lipinski definition) is 0. The van der Waals surface area contributed by atoms with E-state index in [1.54, 1.807) is 6.07 Å². The number of likely N-dealkylation sites (tertiary alicyclic amines) is 1. The molecule has 1 fully saturated rings. The Hall–Kier alpha value is -3.25. The Morgan fingerprint density at radius 1 is 1.00 bits per heavy atom. The number of carbonyl (C=O) groups is 1. The minimum atomic E-state index is -0.271. The lowest BCUT2D eigenvalue weighted by Gasteiger charge is -2.31. The first-order valence-corrected chi connectivity index (χ1v) is 11.6. The molecule has 0 unspecified atom stereocenters. The van der Waals surface area contributed by atoms with Gasteiger partial charge in [-0.1, -0.05) is 53.8 Å². The highest BCUT2D eigenvalue weighted by molar-refractivity contribution is 7.20. The van der Waals surface area contributed by atoms with Gasteiger partial charge >= 0.3 is 0 Å². The van der Waals surface area contributed by atoms with Crippen LogP contribution in [0.1, 0.15) is 34.3 Å². The van der Waals surface area contributed by atoms with Crippen molar-refractivity contribution < 1.29 is 13.9 Å². The molecule has 1 aliphatic heterocycles. The Kier molecular flexibility index (Phi) is 5.86. The molecular formula is C26H23FN2O2S. The number of rotatable bonds is 5. The van der Waals surface area contributed by atoms with E-state index in [0.717, 1.165) is 35.0 Å². The van der Waals surface area contributed by atoms with E-state index in [-0.39, 0.29) is 17.8 Å². The number of amides is 1. The highest BCUT2D eigenvalue weighted by atomic mass is 32.1. The zero-order valence-electron chi connectivity index (χ0n) is 17.5. The topological polar surface area (TPSA) is 42.4 Å². The highest BCUT2D eigenvalue weighted by Gasteiger charge is 2.25. The van der Waals surface area contributed by atoms with Crippen LogP contribution in [0.15, 0.2) is 72.8 Å². The number of ether oxygens (including phenoxy) is 1. The SMILES string of the molecule is O=C(c1ccc(Cc2ccccc2)cc1)N1CCC(Oc2nc3ccc(F)cc3s2)CC1. The third-order valence-electron chi connectivity index (χ3n) is 5.78. The summed E-state index contributed by atoms with van der Waals surface area (Å²) in [5.74, 6) is -0.210. The Bertz CT molecular complexity index is 1220. The fourth-order valence-corrected chi connectivity index (χ4v) is 4.93. The molecule has 1 aromatic heterocycles. The van der Waals surface area contributed by atoms with Crippen molar-refractivity contribution >= 4 is 27.5 Å². The summed E-state index contributed by atoms with van der Waals surface area (Å²) < 4.78 is 20.2. The minimum Gasteiger partial charge on any atom is -0.467 e. The number of nitrogens with zero attached hydrogens (tertiary/aromatic N) is 2. The zero-order valence-corrected chi connectivity index (χ0v) is 18.4. The average Bonchev–Trinajstić information content (AvgIpc) is 3.21. The lowest BCUT2D eigenvalue weighted by Crippen LogP contribution is -2.41. The summed E-state index contributed by atoms with van der Waals surface area (Å²) >= 11 is 1.36. The van der Waals surface area contributed by atoms with Crippen LogP contribution >= 0.6 is 11.3 Å². The lowest BCUT2D eigenvalue weighted by molar-refractivity contribution is 0.0595. The van der Waals surface area contributed by atoms with E-state index in [9.17, 15) is 9.18 Å². The van der Waals surface area contributed by atoms with Gasteiger partial charge in [0, 0.05) is 31.5 Å². The molecule has 0 aliphatic carbocycles. The Morgan fingerprint density at radius 2 is 1.72 bits per heavy atom. The fraction of sp³-hybridized carbons (Fsp3) is 0.231. The number of fused-ring (bicyclic) bond motifs is 1. The Balaban J connectivity index is 1.16. The quantitative estimate of drug-likeness (QED) is 0.394. The zero-order chi connectivity index (χ0) is 21.9. The van der Waals surface area contributed by atoms with Gasteiger partial charge < -0.3 is 9.64 Å². The fourth-order valence-electron chi connectivity index (χ4n) is 4.03. The van der Waals surface area contributed by atoms with Gasteiger partial charge in [0.2, 0.25) is 0 Å². The van der Waals surface area contributed by atoms with E-state index in [1.165, 1.54) is 34.6 Å². The van der Waals surface area contributed by atoms with Crippen LogP contribution in [0.3, 0.4) is 0 Å². The van der Waals surface area contributed by atoms with Crippen LogP contribution in [0.4, 0.5) is 4.39 Å². The molecule has 32 heavy (non-hydrogen) atoms. The maximum atomic E-state index is 13.4. The number of piperidine rings is 1. The molecule has 5 rings (SSSR count). The van der Waals surface area contributed by atoms with Gasteiger partial charge in [0.05, 0.1) is 10.2 Å². The maximum absolute atomic E-state index is 13.4. The van der Waals surface area contributed by atoms with Crippen LogP contribution in [0, 0.1) is 5.82 Å². The number of halogens is 1. The van der Waals surface area contributed by atoms with E-state index in [2.05, 4.69) is 17.1 Å². The van der Waals surface area contributed by atoms with Gasteiger partial charge in [0.25, 0.3) is 11.1 Å². The van der Waals surface area contributed by atoms with Gasteiger partial charge in [-0.3, -0.25) is 4.79 Å². The van der Waals surface area contributed by atoms with E-state index in [0.29, 0.717) is 18.3 Å². The smallest absolute Gasteiger partial charge is 0.274 e. The second kappa shape index (κ2) is 9.09. The second-order valence-corrected chi connectivity index (χ2v) is 9.05. The van der Waals surface area contributed by atoms with Crippen molar-refractivity contribution in [3.8, 4) is 5.19 Å². The van der Waals surface area contributed by atoms with Gasteiger partial charge in [0.15, 0.2) is 0 Å². The van der Waals surface area contributed by atoms with E-state index in [4.69, 9.17) is 4.74 Å². The summed E-state index contributed by atoms with van der Waals surface area (Å²) in [5.41, 5.74) is 3.91. The van der Waals surface area contributed by atoms with Crippen molar-refractivity contribution in [2.75, 3.05) is 13.1 Å². The monoisotopic (exact) mass is 446 g/mol. The molecule has 1 aliphatic rings. The molecule has 6 heteroatoms. The molecule has 0 atom stereocenters. The third-order valence-corrected chi connectivity index (χ3v) is 6.69. The molecule has 3 aromatic carbocycles. The molecular weight excluding hydrogens is 423 g/mol. The summed E-state index contributed by atoms with van der Waals surface area (Å²) in [4.78, 5) is 19.2. The predicted octanol–water partition coefficient (Wildman–Crippen LogP) is 5.71. The first kappa shape index (κ1) is 20.6. The van der Waals surface area contributed by atoms with Gasteiger partial charge in [-0.15, -0.1) is 0 Å². The number of thiazole rings is 1. The second-order valence-electron chi connectivity index (χ2n) is 8.06. The van der Waals surface area contributed by atoms with Crippen LogP contribution in [0.5, 0.6) is 5.19 Å². The molecule has 0 saturated carbocycles. The number of carbonyl (C=O) groups excluding carboxylic acids is 1. The first-order valence-electron chi connectivity index (χ1n) is 10.8. The summed E-state index contributed by atoms with van der Waals surface area (Å²) in [5, 5.41) is 0.560. The molecule has 0 radical (unpaired) electrons. The van der Waals surface area contributed by atoms with Crippen molar-refractivity contribution in [3.63, 3.8) is 0 Å². The maximum Gasteiger partial charge on any atom is 0.274 e. The summed E-state index contributed by atoms with van der Waals surface area (Å²) in [6.45, 7) is 1.30. The van der Waals surface area contributed by atoms with Gasteiger partial charge in [-0.25, -0.2) is 9.37 Å². The van der Waals surface area contributed by atoms with E-state index < -0.39 is 0 Å². The molecule has 162 valence electrons. The largest absolute Gasteiger partial charge is 0.467 e. The predicted molar refractivity (Wildman–Crippen MR) is 125 cm³/mol. The lowest BCUT2D eigenvalue weighted by atomic mass is 10.0. The van der Waals surface area contributed by atoms with Crippen LogP contribution in [-0.4, -0.2) is 35.0 Å². The molecule has 0 bridgehead atoms. The van der Waals surface area contributed by atoms with Crippen LogP contribution in [-0.2, 0) is 6.42 Å². The Labute approximate surface area is 190 Å². The van der Waals surface area contributed by atoms with Gasteiger partial charge in [0.1, 0.15) is 11.9 Å². The van der Waals surface area contributed by atoms with E-state index in [1.807, 2.05) is 47.4 Å². The van der Waals surface area contributed by atoms with Crippen LogP contribution < -0.4 is 4.74 Å². The third kappa shape index (κ3) is 4.65. The van der Waals surface area contributed by atoms with Crippen molar-refractivity contribution in [2.45, 2.75) is 25.4 Å². The number of aromatic nitrogens is 1. The van der Waals surface area contributed by atoms with Crippen molar-refractivity contribution in [2.24, 2.45) is 0 Å².